The van der Waals surface area contributed by atoms with Gasteiger partial charge in [0.15, 0.2) is 0 Å². The van der Waals surface area contributed by atoms with Crippen molar-refractivity contribution in [2.24, 2.45) is 5.92 Å². The van der Waals surface area contributed by atoms with Gasteiger partial charge in [0.1, 0.15) is 5.82 Å². The second-order valence-corrected chi connectivity index (χ2v) is 8.68. The number of aromatic nitrogens is 2. The van der Waals surface area contributed by atoms with Crippen LogP contribution in [0.1, 0.15) is 36.9 Å². The first-order valence-electron chi connectivity index (χ1n) is 10.9. The monoisotopic (exact) mass is 450 g/mol. The van der Waals surface area contributed by atoms with Crippen molar-refractivity contribution in [3.63, 3.8) is 0 Å². The number of anilines is 1. The van der Waals surface area contributed by atoms with Gasteiger partial charge < -0.3 is 10.2 Å². The molecule has 2 heterocycles. The van der Waals surface area contributed by atoms with Gasteiger partial charge >= 0.3 is 0 Å². The van der Waals surface area contributed by atoms with Crippen LogP contribution in [0.5, 0.6) is 0 Å². The summed E-state index contributed by atoms with van der Waals surface area (Å²) >= 11 is 6.23. The lowest BCUT2D eigenvalue weighted by atomic mass is 9.95. The van der Waals surface area contributed by atoms with Crippen LogP contribution in [0.2, 0.25) is 5.02 Å². The second kappa shape index (κ2) is 9.57. The Kier molecular flexibility index (Phi) is 6.61. The van der Waals surface area contributed by atoms with Crippen LogP contribution < -0.4 is 15.8 Å². The van der Waals surface area contributed by atoms with E-state index in [0.29, 0.717) is 23.8 Å². The molecular formula is C25H27ClN4O2. The Hall–Kier alpha value is -3.12. The summed E-state index contributed by atoms with van der Waals surface area (Å²) in [6.07, 6.45) is 1.48. The van der Waals surface area contributed by atoms with E-state index in [0.717, 1.165) is 29.8 Å². The maximum absolute atomic E-state index is 12.8. The van der Waals surface area contributed by atoms with Crippen molar-refractivity contribution in [2.75, 3.05) is 18.0 Å². The lowest BCUT2D eigenvalue weighted by Crippen LogP contribution is -2.42. The third kappa shape index (κ3) is 4.86. The van der Waals surface area contributed by atoms with Gasteiger partial charge in [-0.05, 0) is 56.0 Å². The number of piperidine rings is 1. The SMILES string of the molecule is Cc1ccc(-n2nc(N3CCC(C(=O)N[C@@H](C)c4ccccc4)CC3)ccc2=O)cc1Cl. The molecule has 0 saturated carbocycles. The van der Waals surface area contributed by atoms with Gasteiger partial charge in [-0.15, -0.1) is 5.10 Å². The minimum Gasteiger partial charge on any atom is -0.355 e. The number of aryl methyl sites for hydroxylation is 1. The maximum atomic E-state index is 12.8. The summed E-state index contributed by atoms with van der Waals surface area (Å²) in [6, 6.07) is 18.7. The molecule has 0 aliphatic carbocycles. The number of hydrogen-bond donors (Lipinski definition) is 1. The molecule has 2 aromatic carbocycles. The molecule has 1 saturated heterocycles. The molecule has 6 nitrogen and oxygen atoms in total. The number of nitrogens with one attached hydrogen (secondary N) is 1. The number of carbonyl (C=O) groups excluding carboxylic acids is 1. The standard InChI is InChI=1S/C25H27ClN4O2/c1-17-8-9-21(16-22(17)26)30-24(31)11-10-23(28-30)29-14-12-20(13-15-29)25(32)27-18(2)19-6-4-3-5-7-19/h3-11,16,18,20H,12-15H2,1-2H3,(H,27,32)/t18-/m0/s1. The second-order valence-electron chi connectivity index (χ2n) is 8.28. The predicted molar refractivity (Wildman–Crippen MR) is 128 cm³/mol. The van der Waals surface area contributed by atoms with E-state index < -0.39 is 0 Å². The Morgan fingerprint density at radius 2 is 1.81 bits per heavy atom. The van der Waals surface area contributed by atoms with Crippen LogP contribution in [0.4, 0.5) is 5.82 Å². The first-order valence-corrected chi connectivity index (χ1v) is 11.3. The number of rotatable bonds is 5. The van der Waals surface area contributed by atoms with Crippen LogP contribution in [0.3, 0.4) is 0 Å². The van der Waals surface area contributed by atoms with Gasteiger partial charge in [-0.2, -0.15) is 4.68 Å². The van der Waals surface area contributed by atoms with Crippen molar-refractivity contribution in [2.45, 2.75) is 32.7 Å². The molecule has 1 atom stereocenters. The van der Waals surface area contributed by atoms with Crippen molar-refractivity contribution in [3.05, 3.63) is 87.2 Å². The molecule has 3 aromatic rings. The van der Waals surface area contributed by atoms with E-state index in [1.54, 1.807) is 12.1 Å². The molecule has 32 heavy (non-hydrogen) atoms. The minimum atomic E-state index is -0.210. The van der Waals surface area contributed by atoms with Crippen LogP contribution in [-0.2, 0) is 4.79 Å². The van der Waals surface area contributed by atoms with Crippen molar-refractivity contribution in [3.8, 4) is 5.69 Å². The number of hydrogen-bond acceptors (Lipinski definition) is 4. The highest BCUT2D eigenvalue weighted by Gasteiger charge is 2.27. The third-order valence-corrected chi connectivity index (χ3v) is 6.44. The van der Waals surface area contributed by atoms with Gasteiger partial charge in [-0.25, -0.2) is 0 Å². The molecule has 1 aromatic heterocycles. The number of carbonyl (C=O) groups is 1. The molecule has 166 valence electrons. The molecule has 0 radical (unpaired) electrons. The van der Waals surface area contributed by atoms with Crippen molar-refractivity contribution < 1.29 is 4.79 Å². The average molecular weight is 451 g/mol. The summed E-state index contributed by atoms with van der Waals surface area (Å²) in [5.74, 6) is 0.783. The van der Waals surface area contributed by atoms with Crippen LogP contribution in [0.15, 0.2) is 65.5 Å². The van der Waals surface area contributed by atoms with E-state index in [4.69, 9.17) is 11.6 Å². The zero-order valence-corrected chi connectivity index (χ0v) is 19.0. The van der Waals surface area contributed by atoms with Crippen LogP contribution in [0, 0.1) is 12.8 Å². The number of benzene rings is 2. The Bertz CT molecular complexity index is 1150. The first-order chi connectivity index (χ1) is 15.4. The van der Waals surface area contributed by atoms with E-state index >= 15 is 0 Å². The predicted octanol–water partition coefficient (Wildman–Crippen LogP) is 4.29. The van der Waals surface area contributed by atoms with Crippen molar-refractivity contribution in [1.82, 2.24) is 15.1 Å². The zero-order valence-electron chi connectivity index (χ0n) is 18.3. The Morgan fingerprint density at radius 1 is 1.09 bits per heavy atom. The molecule has 0 unspecified atom stereocenters. The summed E-state index contributed by atoms with van der Waals surface area (Å²) in [4.78, 5) is 27.3. The van der Waals surface area contributed by atoms with E-state index in [-0.39, 0.29) is 23.4 Å². The normalized spacial score (nSPS) is 15.4. The van der Waals surface area contributed by atoms with E-state index in [2.05, 4.69) is 15.3 Å². The average Bonchev–Trinajstić information content (AvgIpc) is 2.82. The summed E-state index contributed by atoms with van der Waals surface area (Å²) in [6.45, 7) is 5.34. The highest BCUT2D eigenvalue weighted by molar-refractivity contribution is 6.31. The summed E-state index contributed by atoms with van der Waals surface area (Å²) in [7, 11) is 0. The highest BCUT2D eigenvalue weighted by Crippen LogP contribution is 2.24. The molecule has 4 rings (SSSR count). The molecule has 1 N–H and O–H groups in total. The van der Waals surface area contributed by atoms with Crippen LogP contribution >= 0.6 is 11.6 Å². The zero-order chi connectivity index (χ0) is 22.7. The largest absolute Gasteiger partial charge is 0.355 e. The van der Waals surface area contributed by atoms with Crippen molar-refractivity contribution >= 4 is 23.3 Å². The van der Waals surface area contributed by atoms with Gasteiger partial charge in [-0.1, -0.05) is 48.0 Å². The fraction of sp³-hybridized carbons (Fsp3) is 0.320. The van der Waals surface area contributed by atoms with E-state index in [9.17, 15) is 9.59 Å². The quantitative estimate of drug-likeness (QED) is 0.629. The fourth-order valence-electron chi connectivity index (χ4n) is 4.00. The van der Waals surface area contributed by atoms with Crippen molar-refractivity contribution in [1.29, 1.82) is 0 Å². The topological polar surface area (TPSA) is 67.2 Å². The molecule has 0 bridgehead atoms. The van der Waals surface area contributed by atoms with Gasteiger partial charge in [-0.3, -0.25) is 9.59 Å². The van der Waals surface area contributed by atoms with Crippen LogP contribution in [0.25, 0.3) is 5.69 Å². The number of amides is 1. The highest BCUT2D eigenvalue weighted by atomic mass is 35.5. The summed E-state index contributed by atoms with van der Waals surface area (Å²) in [5, 5.41) is 8.30. The third-order valence-electron chi connectivity index (χ3n) is 6.03. The number of nitrogens with zero attached hydrogens (tertiary/aromatic N) is 3. The molecule has 1 amide bonds. The van der Waals surface area contributed by atoms with Gasteiger partial charge in [0.25, 0.3) is 5.56 Å². The summed E-state index contributed by atoms with van der Waals surface area (Å²) < 4.78 is 1.38. The fourth-order valence-corrected chi connectivity index (χ4v) is 4.17. The molecule has 7 heteroatoms. The van der Waals surface area contributed by atoms with Gasteiger partial charge in [0.2, 0.25) is 5.91 Å². The lowest BCUT2D eigenvalue weighted by Gasteiger charge is -2.32. The number of halogens is 1. The van der Waals surface area contributed by atoms with Crippen LogP contribution in [-0.4, -0.2) is 28.8 Å². The molecule has 1 aliphatic heterocycles. The summed E-state index contributed by atoms with van der Waals surface area (Å²) in [5.41, 5.74) is 2.47. The minimum absolute atomic E-state index is 0.0201. The Morgan fingerprint density at radius 3 is 2.50 bits per heavy atom. The first kappa shape index (κ1) is 22.1. The smallest absolute Gasteiger partial charge is 0.271 e. The molecule has 1 fully saturated rings. The van der Waals surface area contributed by atoms with Gasteiger partial charge in [0.05, 0.1) is 11.7 Å². The molecule has 1 aliphatic rings. The Labute approximate surface area is 192 Å². The Balaban J connectivity index is 1.41. The van der Waals surface area contributed by atoms with E-state index in [1.165, 1.54) is 10.7 Å². The van der Waals surface area contributed by atoms with Gasteiger partial charge in [0, 0.05) is 30.1 Å². The maximum Gasteiger partial charge on any atom is 0.271 e. The lowest BCUT2D eigenvalue weighted by molar-refractivity contribution is -0.126. The van der Waals surface area contributed by atoms with E-state index in [1.807, 2.05) is 56.3 Å². The molecular weight excluding hydrogens is 424 g/mol. The molecule has 0 spiro atoms.